The lowest BCUT2D eigenvalue weighted by molar-refractivity contribution is -0.116. The molecule has 1 aromatic carbocycles. The zero-order valence-corrected chi connectivity index (χ0v) is 20.5. The Morgan fingerprint density at radius 3 is 2.86 bits per heavy atom. The van der Waals surface area contributed by atoms with Gasteiger partial charge in [-0.3, -0.25) is 9.78 Å². The van der Waals surface area contributed by atoms with Gasteiger partial charge in [0, 0.05) is 36.8 Å². The standard InChI is InChI=1S/C26H27N5O3S/c1-17(19-7-3-4-8-22(19)34-2)12-24(32)30-25-21(13-27)20-9-11-31(16-23(20)35-25)26(33)29-15-18-6-5-10-28-14-18/h3-8,10,14,17H,9,11-12,15-16H2,1-2H3,(H,29,33)(H,30,32)/t17-/m0/s1. The molecule has 0 bridgehead atoms. The maximum atomic E-state index is 12.8. The van der Waals surface area contributed by atoms with Crippen LogP contribution in [-0.4, -0.2) is 35.5 Å². The number of nitrogens with one attached hydrogen (secondary N) is 2. The van der Waals surface area contributed by atoms with Crippen molar-refractivity contribution < 1.29 is 14.3 Å². The largest absolute Gasteiger partial charge is 0.496 e. The van der Waals surface area contributed by atoms with Gasteiger partial charge in [-0.1, -0.05) is 31.2 Å². The summed E-state index contributed by atoms with van der Waals surface area (Å²) in [4.78, 5) is 32.2. The first-order valence-electron chi connectivity index (χ1n) is 11.4. The van der Waals surface area contributed by atoms with Gasteiger partial charge in [-0.25, -0.2) is 4.79 Å². The van der Waals surface area contributed by atoms with E-state index in [2.05, 4.69) is 21.7 Å². The predicted octanol–water partition coefficient (Wildman–Crippen LogP) is 4.42. The summed E-state index contributed by atoms with van der Waals surface area (Å²) in [7, 11) is 1.61. The third-order valence-electron chi connectivity index (χ3n) is 6.04. The van der Waals surface area contributed by atoms with Crippen LogP contribution in [-0.2, 0) is 24.3 Å². The second-order valence-electron chi connectivity index (χ2n) is 8.41. The van der Waals surface area contributed by atoms with Gasteiger partial charge in [0.25, 0.3) is 0 Å². The number of pyridine rings is 1. The number of aromatic nitrogens is 1. The number of thiophene rings is 1. The van der Waals surface area contributed by atoms with Gasteiger partial charge in [-0.05, 0) is 41.2 Å². The number of hydrogen-bond acceptors (Lipinski definition) is 6. The van der Waals surface area contributed by atoms with Crippen LogP contribution < -0.4 is 15.4 Å². The Labute approximate surface area is 208 Å². The molecule has 35 heavy (non-hydrogen) atoms. The first-order valence-corrected chi connectivity index (χ1v) is 12.2. The van der Waals surface area contributed by atoms with E-state index in [0.29, 0.717) is 36.6 Å². The van der Waals surface area contributed by atoms with Crippen molar-refractivity contribution in [2.75, 3.05) is 19.0 Å². The molecule has 3 heterocycles. The highest BCUT2D eigenvalue weighted by atomic mass is 32.1. The minimum absolute atomic E-state index is 0.0507. The normalized spacial score (nSPS) is 13.3. The quantitative estimate of drug-likeness (QED) is 0.511. The fraction of sp³-hybridized carbons (Fsp3) is 0.308. The van der Waals surface area contributed by atoms with Crippen molar-refractivity contribution in [2.45, 2.75) is 38.8 Å². The number of nitriles is 1. The maximum Gasteiger partial charge on any atom is 0.318 e. The summed E-state index contributed by atoms with van der Waals surface area (Å²) >= 11 is 1.37. The summed E-state index contributed by atoms with van der Waals surface area (Å²) in [6.07, 6.45) is 4.24. The third kappa shape index (κ3) is 5.61. The molecule has 180 valence electrons. The minimum atomic E-state index is -0.164. The van der Waals surface area contributed by atoms with E-state index < -0.39 is 0 Å². The molecule has 1 atom stereocenters. The summed E-state index contributed by atoms with van der Waals surface area (Å²) in [6, 6.07) is 13.5. The molecule has 0 fully saturated rings. The van der Waals surface area contributed by atoms with Crippen LogP contribution in [0.3, 0.4) is 0 Å². The average Bonchev–Trinajstić information content (AvgIpc) is 3.23. The molecule has 8 nitrogen and oxygen atoms in total. The highest BCUT2D eigenvalue weighted by Crippen LogP contribution is 2.37. The molecule has 0 saturated heterocycles. The van der Waals surface area contributed by atoms with Gasteiger partial charge in [0.2, 0.25) is 5.91 Å². The smallest absolute Gasteiger partial charge is 0.318 e. The molecular formula is C26H27N5O3S. The average molecular weight is 490 g/mol. The van der Waals surface area contributed by atoms with Crippen molar-refractivity contribution in [3.63, 3.8) is 0 Å². The second kappa shape index (κ2) is 11.0. The van der Waals surface area contributed by atoms with Crippen molar-refractivity contribution >= 4 is 28.3 Å². The zero-order valence-electron chi connectivity index (χ0n) is 19.7. The Kier molecular flexibility index (Phi) is 7.63. The van der Waals surface area contributed by atoms with E-state index in [1.165, 1.54) is 11.3 Å². The van der Waals surface area contributed by atoms with Crippen molar-refractivity contribution in [3.05, 3.63) is 75.9 Å². The van der Waals surface area contributed by atoms with E-state index in [9.17, 15) is 14.9 Å². The van der Waals surface area contributed by atoms with Crippen molar-refractivity contribution in [3.8, 4) is 11.8 Å². The van der Waals surface area contributed by atoms with Crippen LogP contribution in [0.4, 0.5) is 9.80 Å². The van der Waals surface area contributed by atoms with E-state index in [4.69, 9.17) is 4.74 Å². The second-order valence-corrected chi connectivity index (χ2v) is 9.51. The Morgan fingerprint density at radius 1 is 1.29 bits per heavy atom. The zero-order chi connectivity index (χ0) is 24.8. The number of hydrogen-bond donors (Lipinski definition) is 2. The molecule has 3 amide bonds. The number of ether oxygens (including phenoxy) is 1. The number of carbonyl (C=O) groups excluding carboxylic acids is 2. The van der Waals surface area contributed by atoms with Crippen LogP contribution in [0.15, 0.2) is 48.8 Å². The van der Waals surface area contributed by atoms with Gasteiger partial charge in [-0.2, -0.15) is 5.26 Å². The molecular weight excluding hydrogens is 462 g/mol. The van der Waals surface area contributed by atoms with Crippen LogP contribution in [0.5, 0.6) is 5.75 Å². The Balaban J connectivity index is 1.40. The van der Waals surface area contributed by atoms with Crippen LogP contribution in [0.2, 0.25) is 0 Å². The number of fused-ring (bicyclic) bond motifs is 1. The molecule has 1 aliphatic rings. The number of anilines is 1. The molecule has 0 aliphatic carbocycles. The number of para-hydroxylation sites is 1. The number of amides is 3. The number of rotatable bonds is 7. The molecule has 4 rings (SSSR count). The van der Waals surface area contributed by atoms with E-state index in [1.54, 1.807) is 24.4 Å². The van der Waals surface area contributed by atoms with Crippen molar-refractivity contribution in [2.24, 2.45) is 0 Å². The fourth-order valence-electron chi connectivity index (χ4n) is 4.21. The number of nitrogens with zero attached hydrogens (tertiary/aromatic N) is 3. The number of methoxy groups -OCH3 is 1. The van der Waals surface area contributed by atoms with Crippen LogP contribution in [0.1, 0.15) is 46.4 Å². The molecule has 0 radical (unpaired) electrons. The van der Waals surface area contributed by atoms with E-state index in [1.807, 2.05) is 43.3 Å². The number of urea groups is 1. The summed E-state index contributed by atoms with van der Waals surface area (Å²) in [5.74, 6) is 0.536. The van der Waals surface area contributed by atoms with Crippen LogP contribution >= 0.6 is 11.3 Å². The highest BCUT2D eigenvalue weighted by molar-refractivity contribution is 7.16. The lowest BCUT2D eigenvalue weighted by Gasteiger charge is -2.27. The lowest BCUT2D eigenvalue weighted by atomic mass is 9.96. The van der Waals surface area contributed by atoms with Gasteiger partial charge in [0.05, 0.1) is 19.2 Å². The molecule has 9 heteroatoms. The fourth-order valence-corrected chi connectivity index (χ4v) is 5.44. The molecule has 3 aromatic rings. The van der Waals surface area contributed by atoms with Crippen molar-refractivity contribution in [1.82, 2.24) is 15.2 Å². The maximum absolute atomic E-state index is 12.8. The first kappa shape index (κ1) is 24.2. The van der Waals surface area contributed by atoms with Crippen LogP contribution in [0.25, 0.3) is 0 Å². The summed E-state index contributed by atoms with van der Waals surface area (Å²) in [5.41, 5.74) is 3.30. The van der Waals surface area contributed by atoms with Crippen molar-refractivity contribution in [1.29, 1.82) is 5.26 Å². The first-order chi connectivity index (χ1) is 17.0. The van der Waals surface area contributed by atoms with E-state index >= 15 is 0 Å². The Morgan fingerprint density at radius 2 is 2.11 bits per heavy atom. The van der Waals surface area contributed by atoms with Gasteiger partial charge in [0.1, 0.15) is 16.8 Å². The molecule has 2 N–H and O–H groups in total. The molecule has 0 saturated carbocycles. The van der Waals surface area contributed by atoms with Gasteiger partial charge >= 0.3 is 6.03 Å². The van der Waals surface area contributed by atoms with Crippen LogP contribution in [0, 0.1) is 11.3 Å². The Bertz CT molecular complexity index is 1250. The minimum Gasteiger partial charge on any atom is -0.496 e. The molecule has 2 aromatic heterocycles. The summed E-state index contributed by atoms with van der Waals surface area (Å²) < 4.78 is 5.42. The number of benzene rings is 1. The Hall–Kier alpha value is -3.90. The number of carbonyl (C=O) groups is 2. The topological polar surface area (TPSA) is 107 Å². The van der Waals surface area contributed by atoms with Gasteiger partial charge in [-0.15, -0.1) is 11.3 Å². The molecule has 0 spiro atoms. The summed E-state index contributed by atoms with van der Waals surface area (Å²) in [5, 5.41) is 16.2. The predicted molar refractivity (Wildman–Crippen MR) is 134 cm³/mol. The molecule has 0 unspecified atom stereocenters. The van der Waals surface area contributed by atoms with Gasteiger partial charge < -0.3 is 20.3 Å². The van der Waals surface area contributed by atoms with E-state index in [-0.39, 0.29) is 24.3 Å². The van der Waals surface area contributed by atoms with Gasteiger partial charge in [0.15, 0.2) is 0 Å². The molecule has 1 aliphatic heterocycles. The SMILES string of the molecule is COc1ccccc1[C@@H](C)CC(=O)Nc1sc2c(c1C#N)CCN(C(=O)NCc1cccnc1)C2. The lowest BCUT2D eigenvalue weighted by Crippen LogP contribution is -2.42. The summed E-state index contributed by atoms with van der Waals surface area (Å²) in [6.45, 7) is 3.29. The van der Waals surface area contributed by atoms with E-state index in [0.717, 1.165) is 27.3 Å². The third-order valence-corrected chi connectivity index (χ3v) is 7.17. The highest BCUT2D eigenvalue weighted by Gasteiger charge is 2.28. The monoisotopic (exact) mass is 489 g/mol.